The van der Waals surface area contributed by atoms with Crippen molar-refractivity contribution in [3.05, 3.63) is 29.3 Å². The van der Waals surface area contributed by atoms with Crippen molar-refractivity contribution in [2.75, 3.05) is 20.2 Å². The zero-order chi connectivity index (χ0) is 15.6. The highest BCUT2D eigenvalue weighted by atomic mass is 32.2. The molecule has 0 saturated carbocycles. The molecule has 0 amide bonds. The number of sulfonamides is 1. The fourth-order valence-corrected chi connectivity index (χ4v) is 4.46. The predicted octanol–water partition coefficient (Wildman–Crippen LogP) is 1.88. The fraction of sp³-hybridized carbons (Fsp3) is 0.533. The normalized spacial score (nSPS) is 20.2. The van der Waals surface area contributed by atoms with Crippen molar-refractivity contribution in [2.24, 2.45) is 5.92 Å². The summed E-state index contributed by atoms with van der Waals surface area (Å²) < 4.78 is 31.6. The molecule has 0 bridgehead atoms. The van der Waals surface area contributed by atoms with Crippen LogP contribution in [0.4, 0.5) is 0 Å². The van der Waals surface area contributed by atoms with E-state index in [9.17, 15) is 13.2 Å². The number of nitrogens with zero attached hydrogens (tertiary/aromatic N) is 1. The van der Waals surface area contributed by atoms with Crippen LogP contribution in [0.2, 0.25) is 0 Å². The van der Waals surface area contributed by atoms with Gasteiger partial charge in [-0.05, 0) is 49.9 Å². The lowest BCUT2D eigenvalue weighted by molar-refractivity contribution is -0.146. The zero-order valence-electron chi connectivity index (χ0n) is 12.6. The van der Waals surface area contributed by atoms with E-state index in [1.165, 1.54) is 11.4 Å². The van der Waals surface area contributed by atoms with E-state index in [2.05, 4.69) is 0 Å². The summed E-state index contributed by atoms with van der Waals surface area (Å²) >= 11 is 0. The molecule has 1 fully saturated rings. The molecule has 6 heteroatoms. The number of rotatable bonds is 3. The smallest absolute Gasteiger partial charge is 0.309 e. The van der Waals surface area contributed by atoms with Gasteiger partial charge in [0.15, 0.2) is 0 Å². The quantitative estimate of drug-likeness (QED) is 0.800. The highest BCUT2D eigenvalue weighted by molar-refractivity contribution is 7.89. The first-order chi connectivity index (χ1) is 9.84. The maximum Gasteiger partial charge on any atom is 0.309 e. The lowest BCUT2D eigenvalue weighted by atomic mass is 10.0. The topological polar surface area (TPSA) is 63.7 Å². The van der Waals surface area contributed by atoms with Crippen LogP contribution in [-0.2, 0) is 19.6 Å². The number of carbonyl (C=O) groups excluding carboxylic acids is 1. The molecule has 1 aliphatic rings. The van der Waals surface area contributed by atoms with Crippen molar-refractivity contribution in [1.29, 1.82) is 0 Å². The Morgan fingerprint density at radius 2 is 1.86 bits per heavy atom. The van der Waals surface area contributed by atoms with Gasteiger partial charge in [0.25, 0.3) is 0 Å². The van der Waals surface area contributed by atoms with Crippen LogP contribution in [-0.4, -0.2) is 38.9 Å². The van der Waals surface area contributed by atoms with Gasteiger partial charge in [-0.25, -0.2) is 8.42 Å². The van der Waals surface area contributed by atoms with Crippen molar-refractivity contribution < 1.29 is 17.9 Å². The van der Waals surface area contributed by atoms with Crippen LogP contribution < -0.4 is 0 Å². The Hall–Kier alpha value is -1.40. The number of hydrogen-bond donors (Lipinski definition) is 0. The molecular formula is C15H21NO4S. The number of ether oxygens (including phenoxy) is 1. The minimum atomic E-state index is -3.56. The maximum atomic E-state index is 12.7. The van der Waals surface area contributed by atoms with Gasteiger partial charge in [-0.2, -0.15) is 4.31 Å². The Kier molecular flexibility index (Phi) is 4.68. The standard InChI is InChI=1S/C15H21NO4S/c1-11-7-12(2)9-14(8-11)21(18,19)16-6-4-5-13(10-16)15(17)20-3/h7-9,13H,4-6,10H2,1-3H3. The number of methoxy groups -OCH3 is 1. The molecule has 1 aromatic rings. The molecule has 1 atom stereocenters. The molecule has 0 radical (unpaired) electrons. The van der Waals surface area contributed by atoms with Gasteiger partial charge < -0.3 is 4.74 Å². The summed E-state index contributed by atoms with van der Waals surface area (Å²) in [5.74, 6) is -0.709. The second-order valence-electron chi connectivity index (χ2n) is 5.55. The lowest BCUT2D eigenvalue weighted by Gasteiger charge is -2.30. The largest absolute Gasteiger partial charge is 0.469 e. The van der Waals surface area contributed by atoms with Crippen LogP contribution >= 0.6 is 0 Å². The third-order valence-electron chi connectivity index (χ3n) is 3.75. The van der Waals surface area contributed by atoms with Crippen LogP contribution in [0, 0.1) is 19.8 Å². The first kappa shape index (κ1) is 16.0. The lowest BCUT2D eigenvalue weighted by Crippen LogP contribution is -2.42. The van der Waals surface area contributed by atoms with E-state index < -0.39 is 10.0 Å². The minimum Gasteiger partial charge on any atom is -0.469 e. The van der Waals surface area contributed by atoms with E-state index in [4.69, 9.17) is 4.74 Å². The fourth-order valence-electron chi connectivity index (χ4n) is 2.75. The average molecular weight is 311 g/mol. The summed E-state index contributed by atoms with van der Waals surface area (Å²) in [4.78, 5) is 11.9. The van der Waals surface area contributed by atoms with Gasteiger partial charge >= 0.3 is 5.97 Å². The van der Waals surface area contributed by atoms with E-state index in [1.54, 1.807) is 12.1 Å². The summed E-state index contributed by atoms with van der Waals surface area (Å²) in [5, 5.41) is 0. The summed E-state index contributed by atoms with van der Waals surface area (Å²) in [6.45, 7) is 4.39. The molecule has 1 aliphatic heterocycles. The Labute approximate surface area is 126 Å². The van der Waals surface area contributed by atoms with Crippen LogP contribution in [0.5, 0.6) is 0 Å². The van der Waals surface area contributed by atoms with E-state index in [1.807, 2.05) is 19.9 Å². The molecule has 21 heavy (non-hydrogen) atoms. The summed E-state index contributed by atoms with van der Waals surface area (Å²) in [5.41, 5.74) is 1.82. The molecule has 0 N–H and O–H groups in total. The monoisotopic (exact) mass is 311 g/mol. The van der Waals surface area contributed by atoms with Crippen molar-refractivity contribution >= 4 is 16.0 Å². The second kappa shape index (κ2) is 6.15. The summed E-state index contributed by atoms with van der Waals surface area (Å²) in [6, 6.07) is 5.28. The van der Waals surface area contributed by atoms with Crippen LogP contribution in [0.1, 0.15) is 24.0 Å². The van der Waals surface area contributed by atoms with Gasteiger partial charge in [-0.3, -0.25) is 4.79 Å². The van der Waals surface area contributed by atoms with Gasteiger partial charge in [-0.1, -0.05) is 6.07 Å². The van der Waals surface area contributed by atoms with Gasteiger partial charge in [0.1, 0.15) is 0 Å². The first-order valence-electron chi connectivity index (χ1n) is 7.01. The first-order valence-corrected chi connectivity index (χ1v) is 8.45. The number of esters is 1. The third-order valence-corrected chi connectivity index (χ3v) is 5.59. The second-order valence-corrected chi connectivity index (χ2v) is 7.49. The van der Waals surface area contributed by atoms with Gasteiger partial charge in [0.2, 0.25) is 10.0 Å². The Balaban J connectivity index is 2.28. The molecule has 0 aliphatic carbocycles. The van der Waals surface area contributed by atoms with Crippen molar-refractivity contribution in [2.45, 2.75) is 31.6 Å². The zero-order valence-corrected chi connectivity index (χ0v) is 13.4. The Morgan fingerprint density at radius 3 is 2.43 bits per heavy atom. The van der Waals surface area contributed by atoms with Crippen molar-refractivity contribution in [3.8, 4) is 0 Å². The number of aryl methyl sites for hydroxylation is 2. The average Bonchev–Trinajstić information content (AvgIpc) is 2.45. The van der Waals surface area contributed by atoms with Crippen LogP contribution in [0.15, 0.2) is 23.1 Å². The number of carbonyl (C=O) groups is 1. The molecule has 1 aromatic carbocycles. The molecule has 1 unspecified atom stereocenters. The van der Waals surface area contributed by atoms with Crippen molar-refractivity contribution in [3.63, 3.8) is 0 Å². The highest BCUT2D eigenvalue weighted by Gasteiger charge is 2.33. The van der Waals surface area contributed by atoms with E-state index in [0.717, 1.165) is 11.1 Å². The molecule has 1 saturated heterocycles. The van der Waals surface area contributed by atoms with Gasteiger partial charge in [-0.15, -0.1) is 0 Å². The highest BCUT2D eigenvalue weighted by Crippen LogP contribution is 2.25. The van der Waals surface area contributed by atoms with Crippen LogP contribution in [0.25, 0.3) is 0 Å². The number of benzene rings is 1. The van der Waals surface area contributed by atoms with Crippen LogP contribution in [0.3, 0.4) is 0 Å². The molecule has 5 nitrogen and oxygen atoms in total. The number of piperidine rings is 1. The summed E-state index contributed by atoms with van der Waals surface area (Å²) in [6.07, 6.45) is 1.34. The summed E-state index contributed by atoms with van der Waals surface area (Å²) in [7, 11) is -2.22. The predicted molar refractivity (Wildman–Crippen MR) is 79.4 cm³/mol. The van der Waals surface area contributed by atoms with E-state index in [-0.39, 0.29) is 18.4 Å². The third kappa shape index (κ3) is 3.44. The Bertz CT molecular complexity index is 619. The van der Waals surface area contributed by atoms with E-state index >= 15 is 0 Å². The molecule has 0 aromatic heterocycles. The van der Waals surface area contributed by atoms with E-state index in [0.29, 0.717) is 24.3 Å². The minimum absolute atomic E-state index is 0.196. The molecule has 2 rings (SSSR count). The number of hydrogen-bond acceptors (Lipinski definition) is 4. The van der Waals surface area contributed by atoms with Crippen molar-refractivity contribution in [1.82, 2.24) is 4.31 Å². The molecular weight excluding hydrogens is 290 g/mol. The SMILES string of the molecule is COC(=O)C1CCCN(S(=O)(=O)c2cc(C)cc(C)c2)C1. The molecule has 0 spiro atoms. The molecule has 116 valence electrons. The molecule has 1 heterocycles. The van der Waals surface area contributed by atoms with Gasteiger partial charge in [0.05, 0.1) is 17.9 Å². The maximum absolute atomic E-state index is 12.7. The Morgan fingerprint density at radius 1 is 1.24 bits per heavy atom. The van der Waals surface area contributed by atoms with Gasteiger partial charge in [0, 0.05) is 13.1 Å².